The van der Waals surface area contributed by atoms with Gasteiger partial charge < -0.3 is 8.97 Å². The molecule has 6 heteroatoms. The maximum Gasteiger partial charge on any atom is 0.332 e. The van der Waals surface area contributed by atoms with Gasteiger partial charge in [0, 0.05) is 0 Å². The number of oxazole rings is 1. The van der Waals surface area contributed by atoms with Crippen LogP contribution in [0, 0.1) is 6.92 Å². The Labute approximate surface area is 93.5 Å². The molecule has 0 fully saturated rings. The summed E-state index contributed by atoms with van der Waals surface area (Å²) >= 11 is 0. The molecule has 0 saturated heterocycles. The molecule has 0 unspecified atom stereocenters. The maximum atomic E-state index is 10.4. The number of hydrogen-bond donors (Lipinski definition) is 0. The van der Waals surface area contributed by atoms with Gasteiger partial charge in [0.05, 0.1) is 4.90 Å². The van der Waals surface area contributed by atoms with Gasteiger partial charge in [0.15, 0.2) is 6.26 Å². The second-order valence-corrected chi connectivity index (χ2v) is 4.37. The molecule has 0 atom stereocenters. The van der Waals surface area contributed by atoms with Crippen molar-refractivity contribution in [3.63, 3.8) is 0 Å². The van der Waals surface area contributed by atoms with Gasteiger partial charge in [-0.1, -0.05) is 17.7 Å². The molecule has 16 heavy (non-hydrogen) atoms. The zero-order valence-corrected chi connectivity index (χ0v) is 9.40. The molecule has 1 aromatic heterocycles. The Morgan fingerprint density at radius 3 is 2.19 bits per heavy atom. The average molecular weight is 241 g/mol. The molecule has 2 rings (SSSR count). The Morgan fingerprint density at radius 2 is 1.88 bits per heavy atom. The molecule has 2 aromatic rings. The summed E-state index contributed by atoms with van der Waals surface area (Å²) in [7, 11) is -4.27. The highest BCUT2D eigenvalue weighted by atomic mass is 32.2. The van der Waals surface area contributed by atoms with Crippen molar-refractivity contribution in [1.29, 1.82) is 0 Å². The number of aromatic nitrogens is 1. The van der Waals surface area contributed by atoms with Crippen LogP contribution in [0.2, 0.25) is 0 Å². The molecule has 86 valence electrons. The summed E-state index contributed by atoms with van der Waals surface area (Å²) in [5.74, 6) is 0. The van der Waals surface area contributed by atoms with E-state index in [4.69, 9.17) is 0 Å². The first-order chi connectivity index (χ1) is 7.50. The fourth-order valence-electron chi connectivity index (χ4n) is 0.901. The van der Waals surface area contributed by atoms with Crippen molar-refractivity contribution < 1.29 is 22.4 Å². The molecule has 0 aliphatic carbocycles. The smallest absolute Gasteiger partial charge is 0.332 e. The second kappa shape index (κ2) is 5.43. The van der Waals surface area contributed by atoms with E-state index in [0.717, 1.165) is 5.56 Å². The lowest BCUT2D eigenvalue weighted by molar-refractivity contribution is -0.383. The van der Waals surface area contributed by atoms with Gasteiger partial charge in [-0.05, 0) is 19.1 Å². The van der Waals surface area contributed by atoms with Crippen molar-refractivity contribution in [2.24, 2.45) is 0 Å². The highest BCUT2D eigenvalue weighted by molar-refractivity contribution is 7.85. The van der Waals surface area contributed by atoms with E-state index in [1.165, 1.54) is 18.5 Å². The SMILES string of the molecule is Cc1ccc(S(=O)(=O)[O-])cc1.c1coc[nH+]1. The molecular formula is C10H11NO4S. The van der Waals surface area contributed by atoms with Crippen molar-refractivity contribution in [3.8, 4) is 0 Å². The standard InChI is InChI=1S/C7H8O3S.C3H3NO/c1-6-2-4-7(5-3-6)11(8,9)10;1-2-5-3-4-1/h2-5H,1H3,(H,8,9,10);1-3H. The third-order valence-corrected chi connectivity index (χ3v) is 2.54. The molecule has 5 nitrogen and oxygen atoms in total. The zero-order valence-electron chi connectivity index (χ0n) is 8.58. The molecule has 0 aliphatic heterocycles. The Kier molecular flexibility index (Phi) is 4.21. The largest absolute Gasteiger partial charge is 0.744 e. The lowest BCUT2D eigenvalue weighted by Gasteiger charge is -2.05. The number of aromatic amines is 1. The summed E-state index contributed by atoms with van der Waals surface area (Å²) in [5, 5.41) is 0. The minimum Gasteiger partial charge on any atom is -0.744 e. The lowest BCUT2D eigenvalue weighted by atomic mass is 10.2. The van der Waals surface area contributed by atoms with Gasteiger partial charge in [0.1, 0.15) is 10.1 Å². The summed E-state index contributed by atoms with van der Waals surface area (Å²) in [5.41, 5.74) is 0.928. The van der Waals surface area contributed by atoms with E-state index < -0.39 is 10.1 Å². The van der Waals surface area contributed by atoms with E-state index in [-0.39, 0.29) is 4.90 Å². The first-order valence-corrected chi connectivity index (χ1v) is 5.82. The van der Waals surface area contributed by atoms with Gasteiger partial charge in [0.25, 0.3) is 0 Å². The van der Waals surface area contributed by atoms with Crippen LogP contribution in [0.5, 0.6) is 0 Å². The van der Waals surface area contributed by atoms with E-state index in [2.05, 4.69) is 9.40 Å². The van der Waals surface area contributed by atoms with Crippen molar-refractivity contribution in [1.82, 2.24) is 0 Å². The maximum absolute atomic E-state index is 10.4. The predicted molar refractivity (Wildman–Crippen MR) is 54.4 cm³/mol. The van der Waals surface area contributed by atoms with Gasteiger partial charge in [-0.2, -0.15) is 4.98 Å². The third kappa shape index (κ3) is 4.24. The summed E-state index contributed by atoms with van der Waals surface area (Å²) in [6, 6.07) is 5.78. The van der Waals surface area contributed by atoms with Gasteiger partial charge in [-0.25, -0.2) is 8.42 Å². The highest BCUT2D eigenvalue weighted by Crippen LogP contribution is 2.08. The minimum absolute atomic E-state index is 0.178. The monoisotopic (exact) mass is 241 g/mol. The van der Waals surface area contributed by atoms with Crippen LogP contribution in [0.15, 0.2) is 52.4 Å². The van der Waals surface area contributed by atoms with Gasteiger partial charge in [-0.15, -0.1) is 0 Å². The number of hydrogen-bond acceptors (Lipinski definition) is 4. The van der Waals surface area contributed by atoms with Gasteiger partial charge in [0.2, 0.25) is 6.20 Å². The molecule has 0 amide bonds. The van der Waals surface area contributed by atoms with Crippen LogP contribution in [0.3, 0.4) is 0 Å². The van der Waals surface area contributed by atoms with Crippen LogP contribution < -0.4 is 4.98 Å². The predicted octanol–water partition coefficient (Wildman–Crippen LogP) is 0.993. The van der Waals surface area contributed by atoms with Crippen LogP contribution in [-0.4, -0.2) is 13.0 Å². The lowest BCUT2D eigenvalue weighted by Crippen LogP contribution is -1.97. The molecule has 1 heterocycles. The van der Waals surface area contributed by atoms with E-state index in [9.17, 15) is 13.0 Å². The molecule has 0 saturated carbocycles. The minimum atomic E-state index is -4.27. The summed E-state index contributed by atoms with van der Waals surface area (Å²) in [6.07, 6.45) is 4.78. The van der Waals surface area contributed by atoms with E-state index >= 15 is 0 Å². The van der Waals surface area contributed by atoms with Crippen LogP contribution in [0.1, 0.15) is 5.56 Å². The zero-order chi connectivity index (χ0) is 12.0. The van der Waals surface area contributed by atoms with Crippen LogP contribution in [-0.2, 0) is 10.1 Å². The molecule has 0 bridgehead atoms. The molecule has 0 aliphatic rings. The highest BCUT2D eigenvalue weighted by Gasteiger charge is 1.97. The van der Waals surface area contributed by atoms with E-state index in [1.807, 2.05) is 6.92 Å². The van der Waals surface area contributed by atoms with Gasteiger partial charge >= 0.3 is 6.39 Å². The van der Waals surface area contributed by atoms with Crippen molar-refractivity contribution in [3.05, 3.63) is 48.7 Å². The van der Waals surface area contributed by atoms with Crippen LogP contribution >= 0.6 is 0 Å². The van der Waals surface area contributed by atoms with E-state index in [0.29, 0.717) is 0 Å². The Bertz CT molecular complexity index is 485. The Hall–Kier alpha value is -1.66. The van der Waals surface area contributed by atoms with Crippen LogP contribution in [0.4, 0.5) is 0 Å². The fraction of sp³-hybridized carbons (Fsp3) is 0.100. The molecular weight excluding hydrogens is 230 g/mol. The molecule has 1 N–H and O–H groups in total. The first kappa shape index (κ1) is 12.4. The topological polar surface area (TPSA) is 84.5 Å². The Morgan fingerprint density at radius 1 is 1.25 bits per heavy atom. The normalized spacial score (nSPS) is 10.4. The van der Waals surface area contributed by atoms with Gasteiger partial charge in [-0.3, -0.25) is 0 Å². The quantitative estimate of drug-likeness (QED) is 0.697. The summed E-state index contributed by atoms with van der Waals surface area (Å²) in [6.45, 7) is 1.82. The average Bonchev–Trinajstić information content (AvgIpc) is 2.74. The summed E-state index contributed by atoms with van der Waals surface area (Å²) in [4.78, 5) is 2.52. The first-order valence-electron chi connectivity index (χ1n) is 4.41. The van der Waals surface area contributed by atoms with Crippen molar-refractivity contribution >= 4 is 10.1 Å². The van der Waals surface area contributed by atoms with E-state index in [1.54, 1.807) is 24.6 Å². The fourth-order valence-corrected chi connectivity index (χ4v) is 1.37. The van der Waals surface area contributed by atoms with Crippen molar-refractivity contribution in [2.45, 2.75) is 11.8 Å². The molecule has 0 spiro atoms. The molecule has 0 radical (unpaired) electrons. The number of aryl methyl sites for hydroxylation is 1. The third-order valence-electron chi connectivity index (χ3n) is 1.69. The summed E-state index contributed by atoms with van der Waals surface area (Å²) < 4.78 is 35.7. The number of rotatable bonds is 1. The number of nitrogens with one attached hydrogen (secondary N) is 1. The van der Waals surface area contributed by atoms with Crippen molar-refractivity contribution in [2.75, 3.05) is 0 Å². The Balaban J connectivity index is 0.000000212. The van der Waals surface area contributed by atoms with Crippen LogP contribution in [0.25, 0.3) is 0 Å². The number of benzene rings is 1. The molecule has 1 aromatic carbocycles. The number of H-pyrrole nitrogens is 1. The second-order valence-electron chi connectivity index (χ2n) is 2.99.